The van der Waals surface area contributed by atoms with E-state index in [0.29, 0.717) is 0 Å². The predicted molar refractivity (Wildman–Crippen MR) is 89.6 cm³/mol. The van der Waals surface area contributed by atoms with Gasteiger partial charge in [0.2, 0.25) is 0 Å². The maximum atomic E-state index is 6.03. The van der Waals surface area contributed by atoms with Gasteiger partial charge in [-0.1, -0.05) is 29.8 Å². The van der Waals surface area contributed by atoms with Crippen molar-refractivity contribution in [3.63, 3.8) is 0 Å². The lowest BCUT2D eigenvalue weighted by Crippen LogP contribution is -3.00. The molecule has 2 aromatic carbocycles. The Morgan fingerprint density at radius 3 is 2.32 bits per heavy atom. The van der Waals surface area contributed by atoms with Crippen LogP contribution in [0.4, 0.5) is 5.69 Å². The third kappa shape index (κ3) is 3.82. The fourth-order valence-electron chi connectivity index (χ4n) is 2.87. The topological polar surface area (TPSA) is 6.25 Å². The van der Waals surface area contributed by atoms with Crippen molar-refractivity contribution < 1.29 is 28.6 Å². The van der Waals surface area contributed by atoms with Crippen molar-refractivity contribution in [2.24, 2.45) is 0 Å². The summed E-state index contributed by atoms with van der Waals surface area (Å²) in [4.78, 5) is 2.40. The fraction of sp³-hybridized carbons (Fsp3) is 0.278. The van der Waals surface area contributed by atoms with Crippen LogP contribution in [0.1, 0.15) is 18.4 Å². The molecule has 0 aromatic heterocycles. The van der Waals surface area contributed by atoms with E-state index < -0.39 is 0 Å². The monoisotopic (exact) mass is 426 g/mol. The SMILES string of the molecule is C[N+]1=C(c2ccccc2)N(c2ccc(Cl)cc2)CCCC1.[I-]. The van der Waals surface area contributed by atoms with E-state index in [4.69, 9.17) is 11.6 Å². The summed E-state index contributed by atoms with van der Waals surface area (Å²) in [6.45, 7) is 2.13. The number of hydrogen-bond acceptors (Lipinski definition) is 1. The van der Waals surface area contributed by atoms with Gasteiger partial charge in [0.05, 0.1) is 25.7 Å². The van der Waals surface area contributed by atoms with Gasteiger partial charge in [0.25, 0.3) is 5.84 Å². The highest BCUT2D eigenvalue weighted by atomic mass is 127. The van der Waals surface area contributed by atoms with Crippen molar-refractivity contribution in [2.45, 2.75) is 12.8 Å². The first kappa shape index (κ1) is 17.3. The van der Waals surface area contributed by atoms with Gasteiger partial charge in [0.1, 0.15) is 5.69 Å². The molecule has 1 heterocycles. The molecule has 22 heavy (non-hydrogen) atoms. The number of nitrogens with zero attached hydrogens (tertiary/aromatic N) is 2. The van der Waals surface area contributed by atoms with Gasteiger partial charge < -0.3 is 24.0 Å². The second kappa shape index (κ2) is 7.97. The normalized spacial score (nSPS) is 15.3. The highest BCUT2D eigenvalue weighted by Gasteiger charge is 2.27. The first-order valence-corrected chi connectivity index (χ1v) is 7.80. The molecule has 3 rings (SSSR count). The van der Waals surface area contributed by atoms with Crippen LogP contribution < -0.4 is 28.9 Å². The van der Waals surface area contributed by atoms with Gasteiger partial charge in [0, 0.05) is 5.02 Å². The van der Waals surface area contributed by atoms with Gasteiger partial charge in [-0.25, -0.2) is 4.90 Å². The molecule has 0 unspecified atom stereocenters. The molecule has 0 atom stereocenters. The summed E-state index contributed by atoms with van der Waals surface area (Å²) in [6.07, 6.45) is 2.42. The molecule has 1 aliphatic heterocycles. The largest absolute Gasteiger partial charge is 1.00 e. The van der Waals surface area contributed by atoms with Crippen molar-refractivity contribution >= 4 is 23.1 Å². The predicted octanol–water partition coefficient (Wildman–Crippen LogP) is 1.03. The van der Waals surface area contributed by atoms with Crippen LogP contribution in [0.5, 0.6) is 0 Å². The molecule has 0 aliphatic carbocycles. The third-order valence-corrected chi connectivity index (χ3v) is 4.16. The molecule has 4 heteroatoms. The van der Waals surface area contributed by atoms with Gasteiger partial charge >= 0.3 is 0 Å². The van der Waals surface area contributed by atoms with E-state index in [1.807, 2.05) is 12.1 Å². The lowest BCUT2D eigenvalue weighted by Gasteiger charge is -2.19. The van der Waals surface area contributed by atoms with Crippen LogP contribution >= 0.6 is 11.6 Å². The maximum Gasteiger partial charge on any atom is 0.284 e. The Bertz CT molecular complexity index is 638. The van der Waals surface area contributed by atoms with Crippen LogP contribution in [0, 0.1) is 0 Å². The summed E-state index contributed by atoms with van der Waals surface area (Å²) >= 11 is 6.03. The van der Waals surface area contributed by atoms with E-state index in [1.54, 1.807) is 0 Å². The van der Waals surface area contributed by atoms with Crippen molar-refractivity contribution in [1.29, 1.82) is 0 Å². The van der Waals surface area contributed by atoms with E-state index in [9.17, 15) is 0 Å². The van der Waals surface area contributed by atoms with E-state index in [2.05, 4.69) is 59.0 Å². The first-order chi connectivity index (χ1) is 10.3. The average molecular weight is 427 g/mol. The summed E-state index contributed by atoms with van der Waals surface area (Å²) in [5.74, 6) is 1.27. The minimum atomic E-state index is 0. The Hall–Kier alpha value is -1.07. The highest BCUT2D eigenvalue weighted by Crippen LogP contribution is 2.22. The summed E-state index contributed by atoms with van der Waals surface area (Å²) in [6, 6.07) is 18.7. The Kier molecular flexibility index (Phi) is 6.26. The van der Waals surface area contributed by atoms with Crippen molar-refractivity contribution in [2.75, 3.05) is 25.0 Å². The van der Waals surface area contributed by atoms with E-state index in [-0.39, 0.29) is 24.0 Å². The summed E-state index contributed by atoms with van der Waals surface area (Å²) < 4.78 is 2.36. The number of anilines is 1. The second-order valence-corrected chi connectivity index (χ2v) is 5.88. The van der Waals surface area contributed by atoms with Crippen LogP contribution in [-0.4, -0.2) is 30.5 Å². The Morgan fingerprint density at radius 1 is 0.955 bits per heavy atom. The van der Waals surface area contributed by atoms with Crippen molar-refractivity contribution in [3.05, 3.63) is 65.2 Å². The molecule has 0 N–H and O–H groups in total. The molecule has 116 valence electrons. The number of amidine groups is 1. The standard InChI is InChI=1S/C18H20ClN2.HI/c1-20-13-5-6-14-21(17-11-9-16(19)10-12-17)18(20)15-7-3-2-4-8-15;/h2-4,7-12H,5-6,13-14H2,1H3;1H/q+1;/p-1. The fourth-order valence-corrected chi connectivity index (χ4v) is 3.00. The molecule has 0 saturated carbocycles. The van der Waals surface area contributed by atoms with Crippen LogP contribution in [0.2, 0.25) is 5.02 Å². The van der Waals surface area contributed by atoms with Crippen LogP contribution in [0.3, 0.4) is 0 Å². The van der Waals surface area contributed by atoms with Gasteiger partial charge in [-0.15, -0.1) is 0 Å². The molecular formula is C18H20ClIN2. The van der Waals surface area contributed by atoms with Gasteiger partial charge in [-0.3, -0.25) is 4.58 Å². The zero-order chi connectivity index (χ0) is 14.7. The lowest BCUT2D eigenvalue weighted by atomic mass is 10.1. The smallest absolute Gasteiger partial charge is 0.284 e. The zero-order valence-corrected chi connectivity index (χ0v) is 15.6. The number of hydrogen-bond donors (Lipinski definition) is 0. The summed E-state index contributed by atoms with van der Waals surface area (Å²) in [5.41, 5.74) is 2.46. The molecule has 0 radical (unpaired) electrons. The zero-order valence-electron chi connectivity index (χ0n) is 12.7. The van der Waals surface area contributed by atoms with Crippen LogP contribution in [0.15, 0.2) is 54.6 Å². The molecular weight excluding hydrogens is 407 g/mol. The maximum absolute atomic E-state index is 6.03. The third-order valence-electron chi connectivity index (χ3n) is 3.91. The number of halogens is 2. The van der Waals surface area contributed by atoms with Crippen LogP contribution in [-0.2, 0) is 0 Å². The molecule has 0 fully saturated rings. The quantitative estimate of drug-likeness (QED) is 0.514. The number of benzene rings is 2. The van der Waals surface area contributed by atoms with E-state index >= 15 is 0 Å². The average Bonchev–Trinajstić information content (AvgIpc) is 2.71. The van der Waals surface area contributed by atoms with Gasteiger partial charge in [-0.05, 0) is 49.2 Å². The molecule has 2 aromatic rings. The first-order valence-electron chi connectivity index (χ1n) is 7.42. The Morgan fingerprint density at radius 2 is 1.64 bits per heavy atom. The van der Waals surface area contributed by atoms with Gasteiger partial charge in [0.15, 0.2) is 0 Å². The molecule has 0 bridgehead atoms. The molecule has 2 nitrogen and oxygen atoms in total. The minimum absolute atomic E-state index is 0. The molecule has 1 aliphatic rings. The lowest BCUT2D eigenvalue weighted by molar-refractivity contribution is -0.497. The van der Waals surface area contributed by atoms with Crippen molar-refractivity contribution in [1.82, 2.24) is 0 Å². The second-order valence-electron chi connectivity index (χ2n) is 5.45. The Labute approximate surface area is 154 Å². The Balaban J connectivity index is 0.00000176. The van der Waals surface area contributed by atoms with Crippen molar-refractivity contribution in [3.8, 4) is 0 Å². The minimum Gasteiger partial charge on any atom is -1.00 e. The van der Waals surface area contributed by atoms with Crippen LogP contribution in [0.25, 0.3) is 0 Å². The molecule has 0 saturated heterocycles. The molecule has 0 amide bonds. The summed E-state index contributed by atoms with van der Waals surface area (Å²) in [5, 5.41) is 0.781. The van der Waals surface area contributed by atoms with E-state index in [0.717, 1.165) is 18.1 Å². The molecule has 0 spiro atoms. The highest BCUT2D eigenvalue weighted by molar-refractivity contribution is 6.30. The van der Waals surface area contributed by atoms with Gasteiger partial charge in [-0.2, -0.15) is 0 Å². The van der Waals surface area contributed by atoms with E-state index in [1.165, 1.54) is 29.9 Å². The number of rotatable bonds is 2. The summed E-state index contributed by atoms with van der Waals surface area (Å²) in [7, 11) is 2.18.